The fourth-order valence-electron chi connectivity index (χ4n) is 1.94. The summed E-state index contributed by atoms with van der Waals surface area (Å²) in [6.45, 7) is 5.60. The Balaban J connectivity index is 1.95. The van der Waals surface area contributed by atoms with Crippen molar-refractivity contribution < 1.29 is 23.2 Å². The first kappa shape index (κ1) is 20.0. The van der Waals surface area contributed by atoms with Crippen molar-refractivity contribution in [1.29, 1.82) is 0 Å². The second kappa shape index (κ2) is 8.39. The van der Waals surface area contributed by atoms with Gasteiger partial charge in [0.15, 0.2) is 0 Å². The number of benzene rings is 2. The Morgan fingerprint density at radius 1 is 1.04 bits per heavy atom. The van der Waals surface area contributed by atoms with Crippen LogP contribution in [-0.2, 0) is 4.84 Å². The summed E-state index contributed by atoms with van der Waals surface area (Å²) in [5.41, 5.74) is -0.115. The van der Waals surface area contributed by atoms with Gasteiger partial charge in [0.25, 0.3) is 5.91 Å². The third kappa shape index (κ3) is 6.18. The lowest BCUT2D eigenvalue weighted by molar-refractivity contribution is 0.00199. The number of oxime groups is 1. The SMILES string of the molecule is CC(C)(C)O/N=C/c1ccc(NC(=O)NC(=O)c2c(F)cccc2F)cc1. The van der Waals surface area contributed by atoms with Crippen molar-refractivity contribution in [3.63, 3.8) is 0 Å². The maximum absolute atomic E-state index is 13.5. The number of nitrogens with zero attached hydrogens (tertiary/aromatic N) is 1. The molecule has 0 aliphatic rings. The summed E-state index contributed by atoms with van der Waals surface area (Å²) in [6.07, 6.45) is 1.51. The average Bonchev–Trinajstić information content (AvgIpc) is 2.55. The summed E-state index contributed by atoms with van der Waals surface area (Å²) in [5.74, 6) is -3.28. The maximum Gasteiger partial charge on any atom is 0.326 e. The highest BCUT2D eigenvalue weighted by Crippen LogP contribution is 2.13. The molecule has 142 valence electrons. The molecule has 0 fully saturated rings. The molecule has 2 aromatic carbocycles. The molecule has 3 amide bonds. The number of hydrogen-bond acceptors (Lipinski definition) is 4. The number of imide groups is 1. The first-order valence-electron chi connectivity index (χ1n) is 8.04. The first-order valence-corrected chi connectivity index (χ1v) is 8.04. The first-order chi connectivity index (χ1) is 12.7. The second-order valence-electron chi connectivity index (χ2n) is 6.57. The lowest BCUT2D eigenvalue weighted by Crippen LogP contribution is -2.35. The number of halogens is 2. The van der Waals surface area contributed by atoms with Crippen molar-refractivity contribution in [3.05, 3.63) is 65.2 Å². The number of amides is 3. The van der Waals surface area contributed by atoms with Crippen LogP contribution >= 0.6 is 0 Å². The Bertz CT molecular complexity index is 839. The van der Waals surface area contributed by atoms with Gasteiger partial charge in [0, 0.05) is 5.69 Å². The van der Waals surface area contributed by atoms with E-state index in [1.165, 1.54) is 6.21 Å². The zero-order valence-corrected chi connectivity index (χ0v) is 15.0. The van der Waals surface area contributed by atoms with Crippen molar-refractivity contribution in [2.24, 2.45) is 5.16 Å². The van der Waals surface area contributed by atoms with Crippen LogP contribution in [-0.4, -0.2) is 23.8 Å². The molecule has 2 rings (SSSR count). The van der Waals surface area contributed by atoms with Crippen LogP contribution in [0.3, 0.4) is 0 Å². The predicted molar refractivity (Wildman–Crippen MR) is 97.7 cm³/mol. The Kier molecular flexibility index (Phi) is 6.23. The number of hydrogen-bond donors (Lipinski definition) is 2. The van der Waals surface area contributed by atoms with E-state index in [1.807, 2.05) is 26.1 Å². The molecule has 0 unspecified atom stereocenters. The van der Waals surface area contributed by atoms with Gasteiger partial charge in [0.2, 0.25) is 0 Å². The number of rotatable bonds is 4. The van der Waals surface area contributed by atoms with Gasteiger partial charge in [-0.3, -0.25) is 10.1 Å². The molecule has 0 spiro atoms. The molecule has 0 aliphatic carbocycles. The molecule has 0 saturated carbocycles. The van der Waals surface area contributed by atoms with Gasteiger partial charge in [0.05, 0.1) is 6.21 Å². The average molecular weight is 375 g/mol. The summed E-state index contributed by atoms with van der Waals surface area (Å²) in [4.78, 5) is 28.9. The van der Waals surface area contributed by atoms with Crippen LogP contribution in [0.1, 0.15) is 36.7 Å². The number of anilines is 1. The predicted octanol–water partition coefficient (Wildman–Crippen LogP) is 4.08. The largest absolute Gasteiger partial charge is 0.390 e. The number of urea groups is 1. The van der Waals surface area contributed by atoms with E-state index >= 15 is 0 Å². The highest BCUT2D eigenvalue weighted by atomic mass is 19.1. The summed E-state index contributed by atoms with van der Waals surface area (Å²) in [7, 11) is 0. The van der Waals surface area contributed by atoms with Gasteiger partial charge in [-0.2, -0.15) is 0 Å². The zero-order chi connectivity index (χ0) is 20.0. The fourth-order valence-corrected chi connectivity index (χ4v) is 1.94. The van der Waals surface area contributed by atoms with Gasteiger partial charge in [-0.15, -0.1) is 0 Å². The van der Waals surface area contributed by atoms with E-state index in [0.29, 0.717) is 5.69 Å². The quantitative estimate of drug-likeness (QED) is 0.624. The van der Waals surface area contributed by atoms with Crippen LogP contribution in [0.2, 0.25) is 0 Å². The summed E-state index contributed by atoms with van der Waals surface area (Å²) < 4.78 is 27.1. The topological polar surface area (TPSA) is 79.8 Å². The Morgan fingerprint density at radius 3 is 2.19 bits per heavy atom. The molecule has 0 aromatic heterocycles. The fraction of sp³-hybridized carbons (Fsp3) is 0.211. The van der Waals surface area contributed by atoms with Crippen LogP contribution in [0.15, 0.2) is 47.6 Å². The minimum Gasteiger partial charge on any atom is -0.390 e. The lowest BCUT2D eigenvalue weighted by Gasteiger charge is -2.14. The molecule has 0 heterocycles. The van der Waals surface area contributed by atoms with Crippen LogP contribution in [0, 0.1) is 11.6 Å². The molecule has 0 saturated heterocycles. The summed E-state index contributed by atoms with van der Waals surface area (Å²) in [6, 6.07) is 8.56. The van der Waals surface area contributed by atoms with E-state index in [4.69, 9.17) is 4.84 Å². The minimum absolute atomic E-state index is 0.378. The van der Waals surface area contributed by atoms with Crippen LogP contribution in [0.5, 0.6) is 0 Å². The highest BCUT2D eigenvalue weighted by Gasteiger charge is 2.19. The van der Waals surface area contributed by atoms with Gasteiger partial charge in [-0.25, -0.2) is 13.6 Å². The van der Waals surface area contributed by atoms with Crippen LogP contribution in [0.4, 0.5) is 19.3 Å². The number of nitrogens with one attached hydrogen (secondary N) is 2. The van der Waals surface area contributed by atoms with Crippen molar-refractivity contribution in [3.8, 4) is 0 Å². The molecule has 0 radical (unpaired) electrons. The van der Waals surface area contributed by atoms with E-state index in [0.717, 1.165) is 23.8 Å². The van der Waals surface area contributed by atoms with Gasteiger partial charge in [-0.1, -0.05) is 23.4 Å². The smallest absolute Gasteiger partial charge is 0.326 e. The van der Waals surface area contributed by atoms with E-state index in [1.54, 1.807) is 24.3 Å². The standard InChI is InChI=1S/C19H19F2N3O3/c1-19(2,3)27-22-11-12-7-9-13(10-8-12)23-18(26)24-17(25)16-14(20)5-4-6-15(16)21/h4-11H,1-3H3,(H2,23,24,25,26)/b22-11+. The Labute approximate surface area is 155 Å². The second-order valence-corrected chi connectivity index (χ2v) is 6.57. The molecule has 6 nitrogen and oxygen atoms in total. The lowest BCUT2D eigenvalue weighted by atomic mass is 10.2. The molecule has 2 aromatic rings. The van der Waals surface area contributed by atoms with Gasteiger partial charge >= 0.3 is 6.03 Å². The highest BCUT2D eigenvalue weighted by molar-refractivity contribution is 6.08. The zero-order valence-electron chi connectivity index (χ0n) is 15.0. The van der Waals surface area contributed by atoms with Crippen LogP contribution < -0.4 is 10.6 Å². The Hall–Kier alpha value is -3.29. The van der Waals surface area contributed by atoms with Crippen molar-refractivity contribution in [2.45, 2.75) is 26.4 Å². The molecule has 0 aliphatic heterocycles. The van der Waals surface area contributed by atoms with Crippen molar-refractivity contribution >= 4 is 23.8 Å². The number of carbonyl (C=O) groups is 2. The number of carbonyl (C=O) groups excluding carboxylic acids is 2. The monoisotopic (exact) mass is 375 g/mol. The van der Waals surface area contributed by atoms with Gasteiger partial charge in [-0.05, 0) is 50.6 Å². The molecular weight excluding hydrogens is 356 g/mol. The molecule has 2 N–H and O–H groups in total. The Morgan fingerprint density at radius 2 is 1.63 bits per heavy atom. The summed E-state index contributed by atoms with van der Waals surface area (Å²) in [5, 5.41) is 8.13. The van der Waals surface area contributed by atoms with Gasteiger partial charge < -0.3 is 10.2 Å². The van der Waals surface area contributed by atoms with Crippen molar-refractivity contribution in [2.75, 3.05) is 5.32 Å². The third-order valence-electron chi connectivity index (χ3n) is 3.11. The van der Waals surface area contributed by atoms with Crippen LogP contribution in [0.25, 0.3) is 0 Å². The normalized spacial score (nSPS) is 11.3. The third-order valence-corrected chi connectivity index (χ3v) is 3.11. The maximum atomic E-state index is 13.5. The summed E-state index contributed by atoms with van der Waals surface area (Å²) >= 11 is 0. The van der Waals surface area contributed by atoms with E-state index in [9.17, 15) is 18.4 Å². The molecule has 0 atom stereocenters. The van der Waals surface area contributed by atoms with E-state index in [2.05, 4.69) is 10.5 Å². The molecule has 8 heteroatoms. The molecule has 0 bridgehead atoms. The van der Waals surface area contributed by atoms with E-state index in [-0.39, 0.29) is 0 Å². The minimum atomic E-state index is -1.17. The molecular formula is C19H19F2N3O3. The van der Waals surface area contributed by atoms with Crippen molar-refractivity contribution in [1.82, 2.24) is 5.32 Å². The van der Waals surface area contributed by atoms with E-state index < -0.39 is 34.7 Å². The van der Waals surface area contributed by atoms with Gasteiger partial charge in [0.1, 0.15) is 22.8 Å². The molecule has 27 heavy (non-hydrogen) atoms.